The number of rotatable bonds is 4. The third-order valence-corrected chi connectivity index (χ3v) is 5.93. The number of anilines is 2. The summed E-state index contributed by atoms with van der Waals surface area (Å²) < 4.78 is 0. The molecule has 1 saturated heterocycles. The molecule has 4 nitrogen and oxygen atoms in total. The van der Waals surface area contributed by atoms with E-state index in [-0.39, 0.29) is 11.4 Å². The van der Waals surface area contributed by atoms with Crippen molar-refractivity contribution < 1.29 is 4.79 Å². The van der Waals surface area contributed by atoms with Crippen molar-refractivity contribution in [3.63, 3.8) is 0 Å². The lowest BCUT2D eigenvalue weighted by atomic mass is 9.91. The van der Waals surface area contributed by atoms with Gasteiger partial charge in [0.2, 0.25) is 5.91 Å². The molecular formula is C19H25N3OS. The first-order valence-corrected chi connectivity index (χ1v) is 9.57. The molecule has 4 rings (SSSR count). The van der Waals surface area contributed by atoms with E-state index < -0.39 is 0 Å². The van der Waals surface area contributed by atoms with Gasteiger partial charge in [-0.1, -0.05) is 12.8 Å². The highest BCUT2D eigenvalue weighted by Gasteiger charge is 2.47. The maximum absolute atomic E-state index is 11.8. The minimum Gasteiger partial charge on any atom is -0.357 e. The van der Waals surface area contributed by atoms with Crippen molar-refractivity contribution in [2.75, 3.05) is 16.8 Å². The van der Waals surface area contributed by atoms with Crippen molar-refractivity contribution in [1.82, 2.24) is 5.32 Å². The molecule has 0 aromatic heterocycles. The lowest BCUT2D eigenvalue weighted by Gasteiger charge is -2.32. The number of carbonyl (C=O) groups is 1. The number of nitrogens with one attached hydrogen (secondary N) is 2. The van der Waals surface area contributed by atoms with Crippen LogP contribution in [0.25, 0.3) is 0 Å². The Labute approximate surface area is 149 Å². The average Bonchev–Trinajstić information content (AvgIpc) is 3.20. The molecule has 1 heterocycles. The van der Waals surface area contributed by atoms with Crippen LogP contribution < -0.4 is 15.5 Å². The lowest BCUT2D eigenvalue weighted by Crippen LogP contribution is -2.49. The fourth-order valence-electron chi connectivity index (χ4n) is 4.31. The van der Waals surface area contributed by atoms with E-state index in [2.05, 4.69) is 10.6 Å². The van der Waals surface area contributed by atoms with Crippen molar-refractivity contribution in [3.05, 3.63) is 24.3 Å². The topological polar surface area (TPSA) is 44.4 Å². The van der Waals surface area contributed by atoms with Crippen molar-refractivity contribution in [2.45, 2.75) is 56.9 Å². The number of benzene rings is 1. The fraction of sp³-hybridized carbons (Fsp3) is 0.579. The van der Waals surface area contributed by atoms with Gasteiger partial charge in [0.25, 0.3) is 0 Å². The van der Waals surface area contributed by atoms with Gasteiger partial charge in [-0.3, -0.25) is 4.79 Å². The van der Waals surface area contributed by atoms with Crippen LogP contribution in [0.15, 0.2) is 24.3 Å². The Hall–Kier alpha value is -1.62. The zero-order valence-electron chi connectivity index (χ0n) is 14.0. The molecule has 128 valence electrons. The third-order valence-electron chi connectivity index (χ3n) is 5.73. The largest absolute Gasteiger partial charge is 0.357 e. The van der Waals surface area contributed by atoms with E-state index in [4.69, 9.17) is 12.2 Å². The Balaban J connectivity index is 1.38. The van der Waals surface area contributed by atoms with Gasteiger partial charge in [-0.05, 0) is 74.5 Å². The molecule has 2 aliphatic carbocycles. The summed E-state index contributed by atoms with van der Waals surface area (Å²) in [6, 6.07) is 8.02. The molecule has 1 aromatic carbocycles. The van der Waals surface area contributed by atoms with Gasteiger partial charge in [-0.2, -0.15) is 0 Å². The summed E-state index contributed by atoms with van der Waals surface area (Å²) in [5, 5.41) is 7.69. The van der Waals surface area contributed by atoms with Gasteiger partial charge < -0.3 is 15.5 Å². The van der Waals surface area contributed by atoms with Crippen molar-refractivity contribution in [1.29, 1.82) is 0 Å². The summed E-state index contributed by atoms with van der Waals surface area (Å²) in [5.74, 6) is 1.03. The van der Waals surface area contributed by atoms with Gasteiger partial charge in [-0.25, -0.2) is 0 Å². The molecule has 0 spiro atoms. The van der Waals surface area contributed by atoms with Crippen molar-refractivity contribution in [2.24, 2.45) is 5.92 Å². The van der Waals surface area contributed by atoms with E-state index in [1.165, 1.54) is 38.5 Å². The first-order valence-electron chi connectivity index (χ1n) is 9.16. The average molecular weight is 343 g/mol. The van der Waals surface area contributed by atoms with E-state index in [0.717, 1.165) is 35.4 Å². The quantitative estimate of drug-likeness (QED) is 0.816. The van der Waals surface area contributed by atoms with E-state index in [1.54, 1.807) is 0 Å². The van der Waals surface area contributed by atoms with Crippen LogP contribution in [0.5, 0.6) is 0 Å². The molecule has 3 aliphatic rings. The summed E-state index contributed by atoms with van der Waals surface area (Å²) >= 11 is 5.56. The first-order chi connectivity index (χ1) is 11.7. The molecule has 1 aromatic rings. The summed E-state index contributed by atoms with van der Waals surface area (Å²) in [7, 11) is 0. The van der Waals surface area contributed by atoms with E-state index in [0.29, 0.717) is 6.42 Å². The SMILES string of the molecule is O=C1CCCN1c1ccc(NC(=S)NC2(C3CC3)CCCC2)cc1. The van der Waals surface area contributed by atoms with Crippen molar-refractivity contribution >= 4 is 34.6 Å². The Kier molecular flexibility index (Phi) is 4.21. The smallest absolute Gasteiger partial charge is 0.227 e. The van der Waals surface area contributed by atoms with Gasteiger partial charge in [0.15, 0.2) is 5.11 Å². The van der Waals surface area contributed by atoms with Crippen LogP contribution in [-0.2, 0) is 4.79 Å². The first kappa shape index (κ1) is 15.9. The molecule has 24 heavy (non-hydrogen) atoms. The Morgan fingerprint density at radius 1 is 1.12 bits per heavy atom. The molecule has 0 unspecified atom stereocenters. The van der Waals surface area contributed by atoms with Gasteiger partial charge in [0.1, 0.15) is 0 Å². The van der Waals surface area contributed by atoms with E-state index >= 15 is 0 Å². The van der Waals surface area contributed by atoms with Crippen LogP contribution in [0.1, 0.15) is 51.4 Å². The minimum atomic E-state index is 0.223. The maximum atomic E-state index is 11.8. The molecule has 2 N–H and O–H groups in total. The molecular weight excluding hydrogens is 318 g/mol. The van der Waals surface area contributed by atoms with Crippen LogP contribution in [0.3, 0.4) is 0 Å². The summed E-state index contributed by atoms with van der Waals surface area (Å²) in [6.45, 7) is 0.829. The fourth-order valence-corrected chi connectivity index (χ4v) is 4.63. The summed E-state index contributed by atoms with van der Waals surface area (Å²) in [5.41, 5.74) is 2.20. The summed E-state index contributed by atoms with van der Waals surface area (Å²) in [4.78, 5) is 13.7. The van der Waals surface area contributed by atoms with Gasteiger partial charge in [0, 0.05) is 29.9 Å². The van der Waals surface area contributed by atoms with Gasteiger partial charge in [-0.15, -0.1) is 0 Å². The maximum Gasteiger partial charge on any atom is 0.227 e. The van der Waals surface area contributed by atoms with Crippen LogP contribution in [-0.4, -0.2) is 23.1 Å². The number of hydrogen-bond acceptors (Lipinski definition) is 2. The molecule has 0 bridgehead atoms. The second-order valence-electron chi connectivity index (χ2n) is 7.41. The molecule has 0 radical (unpaired) electrons. The molecule has 0 atom stereocenters. The Morgan fingerprint density at radius 3 is 2.42 bits per heavy atom. The van der Waals surface area contributed by atoms with Crippen LogP contribution in [0.4, 0.5) is 11.4 Å². The summed E-state index contributed by atoms with van der Waals surface area (Å²) in [6.07, 6.45) is 9.41. The Bertz CT molecular complexity index is 633. The molecule has 1 aliphatic heterocycles. The van der Waals surface area contributed by atoms with Gasteiger partial charge in [0.05, 0.1) is 0 Å². The highest BCUT2D eigenvalue weighted by atomic mass is 32.1. The standard InChI is InChI=1S/C19H25N3OS/c23-17-4-3-13-22(17)16-9-7-15(8-10-16)20-18(24)21-19(14-5-6-14)11-1-2-12-19/h7-10,14H,1-6,11-13H2,(H2,20,21,24). The van der Waals surface area contributed by atoms with E-state index in [1.807, 2.05) is 29.2 Å². The zero-order valence-corrected chi connectivity index (χ0v) is 14.8. The second kappa shape index (κ2) is 6.36. The zero-order chi connectivity index (χ0) is 16.6. The monoisotopic (exact) mass is 343 g/mol. The second-order valence-corrected chi connectivity index (χ2v) is 7.82. The van der Waals surface area contributed by atoms with Crippen molar-refractivity contribution in [3.8, 4) is 0 Å². The van der Waals surface area contributed by atoms with Crippen LogP contribution >= 0.6 is 12.2 Å². The number of amides is 1. The minimum absolute atomic E-state index is 0.223. The highest BCUT2D eigenvalue weighted by Crippen LogP contribution is 2.48. The van der Waals surface area contributed by atoms with Crippen LogP contribution in [0, 0.1) is 5.92 Å². The number of thiocarbonyl (C=S) groups is 1. The normalized spacial score (nSPS) is 22.7. The molecule has 5 heteroatoms. The highest BCUT2D eigenvalue weighted by molar-refractivity contribution is 7.80. The Morgan fingerprint density at radius 2 is 1.83 bits per heavy atom. The number of nitrogens with zero attached hydrogens (tertiary/aromatic N) is 1. The molecule has 1 amide bonds. The molecule has 2 saturated carbocycles. The van der Waals surface area contributed by atoms with E-state index in [9.17, 15) is 4.79 Å². The van der Waals surface area contributed by atoms with Crippen LogP contribution in [0.2, 0.25) is 0 Å². The predicted molar refractivity (Wildman–Crippen MR) is 101 cm³/mol. The third kappa shape index (κ3) is 3.14. The number of hydrogen-bond donors (Lipinski definition) is 2. The molecule has 3 fully saturated rings. The predicted octanol–water partition coefficient (Wildman–Crippen LogP) is 3.82. The lowest BCUT2D eigenvalue weighted by molar-refractivity contribution is -0.117. The van der Waals surface area contributed by atoms with Gasteiger partial charge >= 0.3 is 0 Å². The number of carbonyl (C=O) groups excluding carboxylic acids is 1.